The zero-order valence-electron chi connectivity index (χ0n) is 16.8. The van der Waals surface area contributed by atoms with E-state index in [9.17, 15) is 9.59 Å². The average Bonchev–Trinajstić information content (AvgIpc) is 2.72. The molecule has 1 atom stereocenters. The average molecular weight is 386 g/mol. The zero-order chi connectivity index (χ0) is 20.1. The zero-order valence-corrected chi connectivity index (χ0v) is 16.8. The summed E-state index contributed by atoms with van der Waals surface area (Å²) in [5.41, 5.74) is 7.41. The predicted molar refractivity (Wildman–Crippen MR) is 110 cm³/mol. The van der Waals surface area contributed by atoms with Crippen molar-refractivity contribution >= 4 is 16.9 Å². The molecule has 0 radical (unpaired) electrons. The van der Waals surface area contributed by atoms with Crippen LogP contribution in [0.5, 0.6) is 5.75 Å². The van der Waals surface area contributed by atoms with Gasteiger partial charge in [0.05, 0.1) is 7.11 Å². The fourth-order valence-corrected chi connectivity index (χ4v) is 4.21. The van der Waals surface area contributed by atoms with Gasteiger partial charge in [-0.15, -0.1) is 0 Å². The van der Waals surface area contributed by atoms with Gasteiger partial charge < -0.3 is 20.2 Å². The van der Waals surface area contributed by atoms with Crippen molar-refractivity contribution in [2.45, 2.75) is 57.9 Å². The minimum atomic E-state index is -0.395. The van der Waals surface area contributed by atoms with E-state index in [2.05, 4.69) is 5.32 Å². The van der Waals surface area contributed by atoms with Gasteiger partial charge in [0.1, 0.15) is 11.3 Å². The van der Waals surface area contributed by atoms with Gasteiger partial charge in [-0.2, -0.15) is 0 Å². The Labute approximate surface area is 165 Å². The second kappa shape index (κ2) is 9.24. The molecule has 152 valence electrons. The molecule has 1 saturated carbocycles. The molecule has 1 fully saturated rings. The van der Waals surface area contributed by atoms with E-state index in [1.807, 2.05) is 19.1 Å². The molecule has 1 aromatic heterocycles. The Balaban J connectivity index is 1.68. The number of nitrogens with one attached hydrogen (secondary N) is 1. The number of fused-ring (bicyclic) bond motifs is 1. The molecule has 1 aliphatic carbocycles. The molecule has 1 aromatic carbocycles. The van der Waals surface area contributed by atoms with E-state index in [1.54, 1.807) is 13.2 Å². The van der Waals surface area contributed by atoms with E-state index in [0.29, 0.717) is 35.8 Å². The quantitative estimate of drug-likeness (QED) is 0.713. The number of benzene rings is 1. The van der Waals surface area contributed by atoms with Gasteiger partial charge in [0, 0.05) is 36.0 Å². The summed E-state index contributed by atoms with van der Waals surface area (Å²) in [6.45, 7) is 2.35. The number of ether oxygens (including phenoxy) is 1. The number of rotatable bonds is 7. The maximum absolute atomic E-state index is 12.5. The minimum Gasteiger partial charge on any atom is -0.497 e. The SMILES string of the molecule is COc1ccc2c(C)c(CCC(=O)NC(CN)C3CCCCC3)c(=O)oc2c1. The number of carbonyl (C=O) groups excluding carboxylic acids is 1. The van der Waals surface area contributed by atoms with Crippen LogP contribution in [-0.4, -0.2) is 25.6 Å². The summed E-state index contributed by atoms with van der Waals surface area (Å²) in [6, 6.07) is 5.44. The van der Waals surface area contributed by atoms with Gasteiger partial charge in [0.2, 0.25) is 5.91 Å². The summed E-state index contributed by atoms with van der Waals surface area (Å²) in [6.07, 6.45) is 6.53. The molecule has 28 heavy (non-hydrogen) atoms. The summed E-state index contributed by atoms with van der Waals surface area (Å²) in [5.74, 6) is 1.04. The molecule has 2 aromatic rings. The number of hydrogen-bond acceptors (Lipinski definition) is 5. The second-order valence-corrected chi connectivity index (χ2v) is 7.66. The Morgan fingerprint density at radius 2 is 2.07 bits per heavy atom. The van der Waals surface area contributed by atoms with E-state index in [1.165, 1.54) is 19.3 Å². The van der Waals surface area contributed by atoms with Crippen LogP contribution >= 0.6 is 0 Å². The molecular weight excluding hydrogens is 356 g/mol. The summed E-state index contributed by atoms with van der Waals surface area (Å²) in [4.78, 5) is 24.9. The first-order valence-electron chi connectivity index (χ1n) is 10.1. The van der Waals surface area contributed by atoms with E-state index >= 15 is 0 Å². The predicted octanol–water partition coefficient (Wildman–Crippen LogP) is 3.07. The van der Waals surface area contributed by atoms with Gasteiger partial charge in [0.25, 0.3) is 0 Å². The lowest BCUT2D eigenvalue weighted by molar-refractivity contribution is -0.122. The first kappa shape index (κ1) is 20.4. The van der Waals surface area contributed by atoms with Crippen molar-refractivity contribution in [2.75, 3.05) is 13.7 Å². The van der Waals surface area contributed by atoms with Crippen LogP contribution in [0, 0.1) is 12.8 Å². The maximum atomic E-state index is 12.5. The third kappa shape index (κ3) is 4.55. The third-order valence-corrected chi connectivity index (χ3v) is 5.92. The lowest BCUT2D eigenvalue weighted by atomic mass is 9.84. The van der Waals surface area contributed by atoms with Crippen LogP contribution in [0.3, 0.4) is 0 Å². The number of carbonyl (C=O) groups is 1. The van der Waals surface area contributed by atoms with Crippen LogP contribution in [0.1, 0.15) is 49.7 Å². The standard InChI is InChI=1S/C22H30N2O4/c1-14-17-9-8-16(27-2)12-20(17)28-22(26)18(14)10-11-21(25)24-19(13-23)15-6-4-3-5-7-15/h8-9,12,15,19H,3-7,10-11,13,23H2,1-2H3,(H,24,25). The number of hydrogen-bond donors (Lipinski definition) is 2. The van der Waals surface area contributed by atoms with Gasteiger partial charge in [-0.1, -0.05) is 19.3 Å². The summed E-state index contributed by atoms with van der Waals surface area (Å²) < 4.78 is 10.6. The van der Waals surface area contributed by atoms with Gasteiger partial charge in [-0.05, 0) is 49.8 Å². The van der Waals surface area contributed by atoms with Crippen molar-refractivity contribution in [3.8, 4) is 5.75 Å². The maximum Gasteiger partial charge on any atom is 0.339 e. The molecule has 6 nitrogen and oxygen atoms in total. The fourth-order valence-electron chi connectivity index (χ4n) is 4.21. The Hall–Kier alpha value is -2.34. The number of aryl methyl sites for hydroxylation is 1. The Kier molecular flexibility index (Phi) is 6.73. The first-order chi connectivity index (χ1) is 13.5. The van der Waals surface area contributed by atoms with E-state index in [4.69, 9.17) is 14.9 Å². The monoisotopic (exact) mass is 386 g/mol. The van der Waals surface area contributed by atoms with Crippen LogP contribution in [0.15, 0.2) is 27.4 Å². The molecule has 0 saturated heterocycles. The van der Waals surface area contributed by atoms with Gasteiger partial charge in [-0.25, -0.2) is 4.79 Å². The summed E-state index contributed by atoms with van der Waals surface area (Å²) >= 11 is 0. The molecule has 0 aliphatic heterocycles. The first-order valence-corrected chi connectivity index (χ1v) is 10.1. The van der Waals surface area contributed by atoms with Crippen molar-refractivity contribution in [3.05, 3.63) is 39.7 Å². The number of amides is 1. The molecule has 0 bridgehead atoms. The number of nitrogens with two attached hydrogens (primary N) is 1. The highest BCUT2D eigenvalue weighted by Crippen LogP contribution is 2.27. The van der Waals surface area contributed by atoms with Gasteiger partial charge in [0.15, 0.2) is 0 Å². The Bertz CT molecular complexity index is 884. The summed E-state index contributed by atoms with van der Waals surface area (Å²) in [7, 11) is 1.57. The molecule has 1 aliphatic rings. The second-order valence-electron chi connectivity index (χ2n) is 7.66. The van der Waals surface area contributed by atoms with Crippen LogP contribution in [0.4, 0.5) is 0 Å². The van der Waals surface area contributed by atoms with Crippen molar-refractivity contribution in [2.24, 2.45) is 11.7 Å². The van der Waals surface area contributed by atoms with Crippen molar-refractivity contribution in [1.82, 2.24) is 5.32 Å². The minimum absolute atomic E-state index is 0.0226. The Morgan fingerprint density at radius 3 is 2.75 bits per heavy atom. The molecule has 1 heterocycles. The Morgan fingerprint density at radius 1 is 1.32 bits per heavy atom. The number of methoxy groups -OCH3 is 1. The van der Waals surface area contributed by atoms with Crippen LogP contribution in [0.2, 0.25) is 0 Å². The molecule has 1 unspecified atom stereocenters. The molecule has 6 heteroatoms. The van der Waals surface area contributed by atoms with Crippen LogP contribution < -0.4 is 21.4 Å². The van der Waals surface area contributed by atoms with Crippen molar-refractivity contribution < 1.29 is 13.9 Å². The molecule has 1 amide bonds. The highest BCUT2D eigenvalue weighted by atomic mass is 16.5. The van der Waals surface area contributed by atoms with Gasteiger partial charge >= 0.3 is 5.63 Å². The molecular formula is C22H30N2O4. The van der Waals surface area contributed by atoms with E-state index < -0.39 is 5.63 Å². The van der Waals surface area contributed by atoms with Crippen molar-refractivity contribution in [3.63, 3.8) is 0 Å². The largest absolute Gasteiger partial charge is 0.497 e. The molecule has 3 rings (SSSR count). The molecule has 0 spiro atoms. The van der Waals surface area contributed by atoms with E-state index in [0.717, 1.165) is 23.8 Å². The van der Waals surface area contributed by atoms with Crippen LogP contribution in [0.25, 0.3) is 11.0 Å². The van der Waals surface area contributed by atoms with E-state index in [-0.39, 0.29) is 18.4 Å². The highest BCUT2D eigenvalue weighted by Gasteiger charge is 2.24. The topological polar surface area (TPSA) is 94.6 Å². The smallest absolute Gasteiger partial charge is 0.339 e. The lowest BCUT2D eigenvalue weighted by Crippen LogP contribution is -2.46. The fraction of sp³-hybridized carbons (Fsp3) is 0.545. The van der Waals surface area contributed by atoms with Gasteiger partial charge in [-0.3, -0.25) is 4.79 Å². The normalized spacial score (nSPS) is 16.1. The third-order valence-electron chi connectivity index (χ3n) is 5.92. The molecule has 3 N–H and O–H groups in total. The summed E-state index contributed by atoms with van der Waals surface area (Å²) in [5, 5.41) is 3.94. The van der Waals surface area contributed by atoms with Crippen molar-refractivity contribution in [1.29, 1.82) is 0 Å². The van der Waals surface area contributed by atoms with Crippen LogP contribution in [-0.2, 0) is 11.2 Å². The highest BCUT2D eigenvalue weighted by molar-refractivity contribution is 5.82. The lowest BCUT2D eigenvalue weighted by Gasteiger charge is -2.30.